The Morgan fingerprint density at radius 1 is 1.24 bits per heavy atom. The van der Waals surface area contributed by atoms with Crippen LogP contribution in [0.25, 0.3) is 0 Å². The first-order valence-electron chi connectivity index (χ1n) is 9.09. The molecule has 0 bridgehead atoms. The van der Waals surface area contributed by atoms with E-state index in [1.54, 1.807) is 38.2 Å². The number of sulfonamides is 1. The fourth-order valence-corrected chi connectivity index (χ4v) is 3.66. The summed E-state index contributed by atoms with van der Waals surface area (Å²) in [5.74, 6) is 0.276. The molecule has 3 N–H and O–H groups in total. The summed E-state index contributed by atoms with van der Waals surface area (Å²) in [4.78, 5) is 25.5. The van der Waals surface area contributed by atoms with Gasteiger partial charge < -0.3 is 15.0 Å². The van der Waals surface area contributed by atoms with Gasteiger partial charge in [-0.1, -0.05) is 12.1 Å². The average molecular weight is 417 g/mol. The van der Waals surface area contributed by atoms with Gasteiger partial charge in [-0.3, -0.25) is 9.59 Å². The molecule has 1 heterocycles. The quantitative estimate of drug-likeness (QED) is 0.743. The van der Waals surface area contributed by atoms with E-state index in [2.05, 4.69) is 5.32 Å². The third-order valence-corrected chi connectivity index (χ3v) is 5.89. The molecule has 0 saturated heterocycles. The van der Waals surface area contributed by atoms with Crippen molar-refractivity contribution < 1.29 is 22.7 Å². The molecule has 0 saturated carbocycles. The predicted octanol–water partition coefficient (Wildman–Crippen LogP) is 1.82. The van der Waals surface area contributed by atoms with E-state index in [-0.39, 0.29) is 29.4 Å². The maximum atomic E-state index is 12.5. The number of rotatable bonds is 6. The summed E-state index contributed by atoms with van der Waals surface area (Å²) >= 11 is 0. The molecule has 2 aromatic carbocycles. The Morgan fingerprint density at radius 2 is 2.00 bits per heavy atom. The van der Waals surface area contributed by atoms with E-state index < -0.39 is 10.0 Å². The van der Waals surface area contributed by atoms with Crippen LogP contribution in [0.4, 0.5) is 5.69 Å². The van der Waals surface area contributed by atoms with Crippen LogP contribution < -0.4 is 15.2 Å². The Hall–Kier alpha value is -2.91. The number of ether oxygens (including phenoxy) is 1. The zero-order chi connectivity index (χ0) is 21.2. The van der Waals surface area contributed by atoms with E-state index in [0.29, 0.717) is 24.2 Å². The van der Waals surface area contributed by atoms with Gasteiger partial charge in [0.2, 0.25) is 15.9 Å². The van der Waals surface area contributed by atoms with Crippen LogP contribution in [0.15, 0.2) is 47.4 Å². The number of carbonyl (C=O) groups is 2. The molecule has 1 unspecified atom stereocenters. The number of amides is 2. The maximum absolute atomic E-state index is 12.5. The molecule has 8 nitrogen and oxygen atoms in total. The van der Waals surface area contributed by atoms with Crippen LogP contribution in [-0.2, 0) is 26.0 Å². The van der Waals surface area contributed by atoms with Crippen molar-refractivity contribution in [3.63, 3.8) is 0 Å². The Balaban J connectivity index is 1.64. The second kappa shape index (κ2) is 8.22. The van der Waals surface area contributed by atoms with Crippen molar-refractivity contribution >= 4 is 27.5 Å². The van der Waals surface area contributed by atoms with Crippen LogP contribution in [0.3, 0.4) is 0 Å². The molecule has 1 atom stereocenters. The highest BCUT2D eigenvalue weighted by atomic mass is 32.2. The van der Waals surface area contributed by atoms with Crippen molar-refractivity contribution in [1.29, 1.82) is 0 Å². The van der Waals surface area contributed by atoms with Gasteiger partial charge >= 0.3 is 0 Å². The molecule has 3 rings (SSSR count). The van der Waals surface area contributed by atoms with Crippen LogP contribution in [0.2, 0.25) is 0 Å². The Bertz CT molecular complexity index is 1050. The van der Waals surface area contributed by atoms with Gasteiger partial charge in [0.05, 0.1) is 10.9 Å². The first-order chi connectivity index (χ1) is 13.6. The molecule has 0 aromatic heterocycles. The molecule has 2 amide bonds. The zero-order valence-corrected chi connectivity index (χ0v) is 17.0. The van der Waals surface area contributed by atoms with E-state index in [1.165, 1.54) is 17.0 Å². The first-order valence-corrected chi connectivity index (χ1v) is 10.6. The second-order valence-corrected chi connectivity index (χ2v) is 8.52. The number of anilines is 1. The van der Waals surface area contributed by atoms with E-state index in [9.17, 15) is 18.0 Å². The van der Waals surface area contributed by atoms with Crippen LogP contribution in [0, 0.1) is 0 Å². The van der Waals surface area contributed by atoms with Gasteiger partial charge in [0, 0.05) is 19.2 Å². The third-order valence-electron chi connectivity index (χ3n) is 4.98. The number of hydrogen-bond donors (Lipinski definition) is 2. The van der Waals surface area contributed by atoms with Gasteiger partial charge in [0.15, 0.2) is 6.61 Å². The molecule has 154 valence electrons. The molecular weight excluding hydrogens is 394 g/mol. The first kappa shape index (κ1) is 20.8. The molecule has 2 aromatic rings. The van der Waals surface area contributed by atoms with Gasteiger partial charge in [0.25, 0.3) is 5.91 Å². The lowest BCUT2D eigenvalue weighted by Crippen LogP contribution is -2.33. The maximum Gasteiger partial charge on any atom is 0.260 e. The van der Waals surface area contributed by atoms with Crippen LogP contribution in [-0.4, -0.2) is 38.8 Å². The summed E-state index contributed by atoms with van der Waals surface area (Å²) < 4.78 is 28.7. The molecule has 0 fully saturated rings. The summed E-state index contributed by atoms with van der Waals surface area (Å²) in [6.07, 6.45) is 1.05. The fraction of sp³-hybridized carbons (Fsp3) is 0.300. The van der Waals surface area contributed by atoms with Gasteiger partial charge in [-0.15, -0.1) is 0 Å². The summed E-state index contributed by atoms with van der Waals surface area (Å²) in [5, 5.41) is 7.98. The normalized spacial score (nSPS) is 14.5. The molecular formula is C20H23N3O5S. The van der Waals surface area contributed by atoms with E-state index >= 15 is 0 Å². The minimum absolute atomic E-state index is 0.0000920. The SMILES string of the molecule is CC(c1cccc(S(N)(=O)=O)c1)N(C)C(=O)COc1ccc2c(c1)CCC(=O)N2. The number of nitrogens with two attached hydrogens (primary N) is 1. The molecule has 0 aliphatic carbocycles. The third kappa shape index (κ3) is 4.93. The minimum Gasteiger partial charge on any atom is -0.484 e. The van der Waals surface area contributed by atoms with Crippen molar-refractivity contribution in [3.05, 3.63) is 53.6 Å². The number of aryl methyl sites for hydroxylation is 1. The van der Waals surface area contributed by atoms with Crippen molar-refractivity contribution in [1.82, 2.24) is 4.90 Å². The summed E-state index contributed by atoms with van der Waals surface area (Å²) in [6, 6.07) is 11.1. The number of nitrogens with zero attached hydrogens (tertiary/aromatic N) is 1. The van der Waals surface area contributed by atoms with Crippen LogP contribution in [0.1, 0.15) is 30.5 Å². The van der Waals surface area contributed by atoms with E-state index in [4.69, 9.17) is 9.88 Å². The Morgan fingerprint density at radius 3 is 2.72 bits per heavy atom. The van der Waals surface area contributed by atoms with Gasteiger partial charge in [-0.25, -0.2) is 13.6 Å². The fourth-order valence-electron chi connectivity index (χ4n) is 3.09. The highest BCUT2D eigenvalue weighted by Gasteiger charge is 2.20. The number of hydrogen-bond acceptors (Lipinski definition) is 5. The molecule has 1 aliphatic heterocycles. The van der Waals surface area contributed by atoms with Crippen LogP contribution >= 0.6 is 0 Å². The van der Waals surface area contributed by atoms with Crippen molar-refractivity contribution in [2.75, 3.05) is 19.0 Å². The second-order valence-electron chi connectivity index (χ2n) is 6.95. The Kier molecular flexibility index (Phi) is 5.90. The number of carbonyl (C=O) groups excluding carboxylic acids is 2. The standard InChI is InChI=1S/C20H23N3O5S/c1-13(14-4-3-5-17(11-14)29(21,26)27)23(2)20(25)12-28-16-7-8-18-15(10-16)6-9-19(24)22-18/h3-5,7-8,10-11,13H,6,9,12H2,1-2H3,(H,22,24)(H2,21,26,27). The predicted molar refractivity (Wildman–Crippen MR) is 108 cm³/mol. The summed E-state index contributed by atoms with van der Waals surface area (Å²) in [7, 11) is -2.19. The largest absolute Gasteiger partial charge is 0.484 e. The van der Waals surface area contributed by atoms with E-state index in [1.807, 2.05) is 6.07 Å². The van der Waals surface area contributed by atoms with Gasteiger partial charge in [-0.2, -0.15) is 0 Å². The lowest BCUT2D eigenvalue weighted by molar-refractivity contribution is -0.134. The molecule has 29 heavy (non-hydrogen) atoms. The highest BCUT2D eigenvalue weighted by molar-refractivity contribution is 7.89. The smallest absolute Gasteiger partial charge is 0.260 e. The van der Waals surface area contributed by atoms with Crippen molar-refractivity contribution in [2.24, 2.45) is 5.14 Å². The highest BCUT2D eigenvalue weighted by Crippen LogP contribution is 2.27. The number of likely N-dealkylation sites (N-methyl/N-ethyl adjacent to an activating group) is 1. The number of benzene rings is 2. The number of primary sulfonamides is 1. The molecule has 1 aliphatic rings. The van der Waals surface area contributed by atoms with Crippen molar-refractivity contribution in [3.8, 4) is 5.75 Å². The van der Waals surface area contributed by atoms with E-state index in [0.717, 1.165) is 11.3 Å². The molecule has 0 radical (unpaired) electrons. The average Bonchev–Trinajstić information content (AvgIpc) is 2.70. The lowest BCUT2D eigenvalue weighted by atomic mass is 10.0. The van der Waals surface area contributed by atoms with Crippen LogP contribution in [0.5, 0.6) is 5.75 Å². The topological polar surface area (TPSA) is 119 Å². The zero-order valence-electron chi connectivity index (χ0n) is 16.2. The number of nitrogens with one attached hydrogen (secondary N) is 1. The molecule has 0 spiro atoms. The number of fused-ring (bicyclic) bond motifs is 1. The van der Waals surface area contributed by atoms with Gasteiger partial charge in [0.1, 0.15) is 5.75 Å². The Labute approximate surface area is 169 Å². The molecule has 9 heteroatoms. The monoisotopic (exact) mass is 417 g/mol. The summed E-state index contributed by atoms with van der Waals surface area (Å²) in [5.41, 5.74) is 2.38. The van der Waals surface area contributed by atoms with Crippen molar-refractivity contribution in [2.45, 2.75) is 30.7 Å². The van der Waals surface area contributed by atoms with Gasteiger partial charge in [-0.05, 0) is 54.8 Å². The summed E-state index contributed by atoms with van der Waals surface area (Å²) in [6.45, 7) is 1.63. The lowest BCUT2D eigenvalue weighted by Gasteiger charge is -2.26. The minimum atomic E-state index is -3.82.